The van der Waals surface area contributed by atoms with Gasteiger partial charge in [0.05, 0.1) is 17.6 Å². The minimum absolute atomic E-state index is 0.104. The molecule has 1 N–H and O–H groups in total. The molecule has 106 valence electrons. The van der Waals surface area contributed by atoms with Crippen molar-refractivity contribution in [3.05, 3.63) is 39.9 Å². The van der Waals surface area contributed by atoms with Crippen molar-refractivity contribution in [1.29, 1.82) is 0 Å². The fourth-order valence-corrected chi connectivity index (χ4v) is 1.80. The first kappa shape index (κ1) is 15.6. The molecule has 0 aliphatic heterocycles. The van der Waals surface area contributed by atoms with Crippen LogP contribution < -0.4 is 0 Å². The number of nitro benzene ring substituents is 1. The van der Waals surface area contributed by atoms with Gasteiger partial charge in [-0.3, -0.25) is 10.1 Å². The molecule has 6 nitrogen and oxygen atoms in total. The molecule has 0 amide bonds. The molecule has 0 spiro atoms. The van der Waals surface area contributed by atoms with E-state index in [1.165, 1.54) is 12.1 Å². The number of aliphatic hydroxyl groups is 1. The first-order valence-electron chi connectivity index (χ1n) is 6.11. The fraction of sp³-hybridized carbons (Fsp3) is 0.538. The van der Waals surface area contributed by atoms with Crippen LogP contribution in [0.2, 0.25) is 0 Å². The van der Waals surface area contributed by atoms with Gasteiger partial charge in [0.25, 0.3) is 5.69 Å². The maximum absolute atomic E-state index is 10.5. The van der Waals surface area contributed by atoms with Gasteiger partial charge in [-0.25, -0.2) is 0 Å². The fourth-order valence-electron chi connectivity index (χ4n) is 1.80. The van der Waals surface area contributed by atoms with Crippen molar-refractivity contribution in [3.63, 3.8) is 0 Å². The van der Waals surface area contributed by atoms with Crippen LogP contribution in [0.15, 0.2) is 24.3 Å². The molecular formula is C13H20N2O4. The zero-order valence-corrected chi connectivity index (χ0v) is 11.3. The van der Waals surface area contributed by atoms with Crippen LogP contribution in [0.4, 0.5) is 5.69 Å². The van der Waals surface area contributed by atoms with Gasteiger partial charge in [-0.1, -0.05) is 12.1 Å². The lowest BCUT2D eigenvalue weighted by atomic mass is 10.1. The van der Waals surface area contributed by atoms with E-state index < -0.39 is 11.0 Å². The van der Waals surface area contributed by atoms with Gasteiger partial charge in [-0.2, -0.15) is 0 Å². The quantitative estimate of drug-likeness (QED) is 0.564. The van der Waals surface area contributed by atoms with Gasteiger partial charge >= 0.3 is 0 Å². The number of hydrogen-bond donors (Lipinski definition) is 1. The average molecular weight is 268 g/mol. The molecule has 0 saturated carbocycles. The van der Waals surface area contributed by atoms with Gasteiger partial charge in [0.1, 0.15) is 0 Å². The van der Waals surface area contributed by atoms with Gasteiger partial charge in [0.2, 0.25) is 0 Å². The van der Waals surface area contributed by atoms with Crippen LogP contribution in [0.25, 0.3) is 0 Å². The van der Waals surface area contributed by atoms with E-state index in [9.17, 15) is 15.2 Å². The van der Waals surface area contributed by atoms with Crippen LogP contribution >= 0.6 is 0 Å². The van der Waals surface area contributed by atoms with Gasteiger partial charge in [-0.15, -0.1) is 0 Å². The van der Waals surface area contributed by atoms with Crippen LogP contribution in [0.1, 0.15) is 5.56 Å². The number of benzene rings is 1. The highest BCUT2D eigenvalue weighted by atomic mass is 16.6. The van der Waals surface area contributed by atoms with Crippen molar-refractivity contribution in [2.24, 2.45) is 0 Å². The Kier molecular flexibility index (Phi) is 6.41. The molecular weight excluding hydrogens is 248 g/mol. The maximum atomic E-state index is 10.5. The third kappa shape index (κ3) is 5.78. The average Bonchev–Trinajstić information content (AvgIpc) is 2.37. The molecule has 1 atom stereocenters. The van der Waals surface area contributed by atoms with E-state index in [1.807, 2.05) is 11.9 Å². The van der Waals surface area contributed by atoms with Crippen molar-refractivity contribution >= 4 is 5.69 Å². The predicted octanol–water partition coefficient (Wildman–Crippen LogP) is 1.08. The first-order valence-corrected chi connectivity index (χ1v) is 6.11. The summed E-state index contributed by atoms with van der Waals surface area (Å²) in [5.41, 5.74) is 1.14. The summed E-state index contributed by atoms with van der Waals surface area (Å²) in [4.78, 5) is 12.1. The standard InChI is InChI=1S/C13H20N2O4/c1-14(9-13(16)10-19-2)8-7-11-3-5-12(6-4-11)15(17)18/h3-6,13,16H,7-10H2,1-2H3. The van der Waals surface area contributed by atoms with Crippen LogP contribution in [0.5, 0.6) is 0 Å². The number of hydrogen-bond acceptors (Lipinski definition) is 5. The van der Waals surface area contributed by atoms with E-state index in [0.717, 1.165) is 18.5 Å². The number of nitro groups is 1. The molecule has 19 heavy (non-hydrogen) atoms. The summed E-state index contributed by atoms with van der Waals surface area (Å²) in [6.45, 7) is 1.64. The van der Waals surface area contributed by atoms with E-state index in [1.54, 1.807) is 19.2 Å². The Bertz CT molecular complexity index is 394. The highest BCUT2D eigenvalue weighted by Gasteiger charge is 2.08. The number of non-ortho nitro benzene ring substituents is 1. The monoisotopic (exact) mass is 268 g/mol. The van der Waals surface area contributed by atoms with E-state index in [2.05, 4.69) is 0 Å². The molecule has 0 heterocycles. The number of aliphatic hydroxyl groups excluding tert-OH is 1. The second kappa shape index (κ2) is 7.83. The molecule has 0 radical (unpaired) electrons. The highest BCUT2D eigenvalue weighted by molar-refractivity contribution is 5.32. The molecule has 1 unspecified atom stereocenters. The van der Waals surface area contributed by atoms with Crippen molar-refractivity contribution in [3.8, 4) is 0 Å². The Morgan fingerprint density at radius 3 is 2.58 bits per heavy atom. The normalized spacial score (nSPS) is 12.6. The van der Waals surface area contributed by atoms with Crippen LogP contribution in [-0.4, -0.2) is 54.9 Å². The Balaban J connectivity index is 2.37. The van der Waals surface area contributed by atoms with E-state index in [4.69, 9.17) is 4.74 Å². The Hall–Kier alpha value is -1.50. The molecule has 0 saturated heterocycles. The Labute approximate surface area is 112 Å². The van der Waals surface area contributed by atoms with E-state index >= 15 is 0 Å². The topological polar surface area (TPSA) is 75.8 Å². The lowest BCUT2D eigenvalue weighted by Crippen LogP contribution is -2.33. The molecule has 0 bridgehead atoms. The summed E-state index contributed by atoms with van der Waals surface area (Å²) in [6, 6.07) is 6.54. The van der Waals surface area contributed by atoms with Crippen molar-refractivity contribution in [2.75, 3.05) is 33.9 Å². The smallest absolute Gasteiger partial charge is 0.269 e. The summed E-state index contributed by atoms with van der Waals surface area (Å²) in [6.07, 6.45) is 0.292. The van der Waals surface area contributed by atoms with Gasteiger partial charge < -0.3 is 14.7 Å². The largest absolute Gasteiger partial charge is 0.389 e. The van der Waals surface area contributed by atoms with Gasteiger partial charge in [0, 0.05) is 32.3 Å². The Morgan fingerprint density at radius 1 is 1.42 bits per heavy atom. The minimum Gasteiger partial charge on any atom is -0.389 e. The molecule has 6 heteroatoms. The van der Waals surface area contributed by atoms with Gasteiger partial charge in [0.15, 0.2) is 0 Å². The summed E-state index contributed by atoms with van der Waals surface area (Å²) in [5.74, 6) is 0. The third-order valence-electron chi connectivity index (χ3n) is 2.81. The molecule has 1 aromatic carbocycles. The Morgan fingerprint density at radius 2 is 2.05 bits per heavy atom. The first-order chi connectivity index (χ1) is 9.02. The highest BCUT2D eigenvalue weighted by Crippen LogP contribution is 2.12. The molecule has 0 aliphatic carbocycles. The van der Waals surface area contributed by atoms with Crippen molar-refractivity contribution < 1.29 is 14.8 Å². The summed E-state index contributed by atoms with van der Waals surface area (Å²) in [7, 11) is 3.48. The second-order valence-electron chi connectivity index (χ2n) is 4.54. The maximum Gasteiger partial charge on any atom is 0.269 e. The van der Waals surface area contributed by atoms with Crippen LogP contribution in [0, 0.1) is 10.1 Å². The number of likely N-dealkylation sites (N-methyl/N-ethyl adjacent to an activating group) is 1. The van der Waals surface area contributed by atoms with Crippen LogP contribution in [0.3, 0.4) is 0 Å². The lowest BCUT2D eigenvalue weighted by Gasteiger charge is -2.19. The molecule has 1 aromatic rings. The second-order valence-corrected chi connectivity index (χ2v) is 4.54. The molecule has 0 aromatic heterocycles. The van der Waals surface area contributed by atoms with Crippen molar-refractivity contribution in [2.45, 2.75) is 12.5 Å². The lowest BCUT2D eigenvalue weighted by molar-refractivity contribution is -0.384. The van der Waals surface area contributed by atoms with Crippen molar-refractivity contribution in [1.82, 2.24) is 4.90 Å². The number of ether oxygens (including phenoxy) is 1. The molecule has 0 fully saturated rings. The zero-order valence-electron chi connectivity index (χ0n) is 11.3. The molecule has 0 aliphatic rings. The summed E-state index contributed by atoms with van der Waals surface area (Å²) in [5, 5.41) is 20.1. The summed E-state index contributed by atoms with van der Waals surface area (Å²) < 4.78 is 4.86. The third-order valence-corrected chi connectivity index (χ3v) is 2.81. The number of nitrogens with zero attached hydrogens (tertiary/aromatic N) is 2. The number of methoxy groups -OCH3 is 1. The van der Waals surface area contributed by atoms with E-state index in [0.29, 0.717) is 13.2 Å². The number of rotatable bonds is 8. The SMILES string of the molecule is COCC(O)CN(C)CCc1ccc([N+](=O)[O-])cc1. The predicted molar refractivity (Wildman–Crippen MR) is 72.2 cm³/mol. The summed E-state index contributed by atoms with van der Waals surface area (Å²) >= 11 is 0. The minimum atomic E-state index is -0.494. The zero-order chi connectivity index (χ0) is 14.3. The molecule has 1 rings (SSSR count). The van der Waals surface area contributed by atoms with Crippen LogP contribution in [-0.2, 0) is 11.2 Å². The van der Waals surface area contributed by atoms with E-state index in [-0.39, 0.29) is 5.69 Å². The van der Waals surface area contributed by atoms with Gasteiger partial charge in [-0.05, 0) is 19.0 Å².